The van der Waals surface area contributed by atoms with Crippen LogP contribution in [0.3, 0.4) is 0 Å². The quantitative estimate of drug-likeness (QED) is 0.569. The van der Waals surface area contributed by atoms with Crippen LogP contribution in [-0.4, -0.2) is 23.2 Å². The summed E-state index contributed by atoms with van der Waals surface area (Å²) in [6, 6.07) is 5.50. The van der Waals surface area contributed by atoms with Crippen LogP contribution in [0.4, 0.5) is 5.69 Å². The van der Waals surface area contributed by atoms with Crippen molar-refractivity contribution < 1.29 is 9.59 Å². The van der Waals surface area contributed by atoms with Crippen LogP contribution in [-0.2, 0) is 4.79 Å². The van der Waals surface area contributed by atoms with Gasteiger partial charge in [-0.2, -0.15) is 0 Å². The maximum Gasteiger partial charge on any atom is 0.263 e. The minimum atomic E-state index is -0.749. The maximum atomic E-state index is 13.1. The summed E-state index contributed by atoms with van der Waals surface area (Å²) in [6.07, 6.45) is 5.04. The Bertz CT molecular complexity index is 870. The molecule has 3 aliphatic rings. The predicted molar refractivity (Wildman–Crippen MR) is 94.3 cm³/mol. The lowest BCUT2D eigenvalue weighted by atomic mass is 10.0. The number of aryl methyl sites for hydroxylation is 1. The van der Waals surface area contributed by atoms with E-state index in [9.17, 15) is 9.59 Å². The van der Waals surface area contributed by atoms with Crippen molar-refractivity contribution in [3.05, 3.63) is 63.9 Å². The molecule has 0 saturated carbocycles. The summed E-state index contributed by atoms with van der Waals surface area (Å²) < 4.78 is 0. The third-order valence-electron chi connectivity index (χ3n) is 4.39. The molecule has 2 heterocycles. The number of anilines is 1. The van der Waals surface area contributed by atoms with Crippen LogP contribution < -0.4 is 10.2 Å². The molecule has 4 nitrogen and oxygen atoms in total. The average molecular weight is 361 g/mol. The Kier molecular flexibility index (Phi) is 3.55. The molecule has 1 fully saturated rings. The molecule has 0 radical (unpaired) electrons. The van der Waals surface area contributed by atoms with E-state index in [1.165, 1.54) is 4.90 Å². The number of allylic oxidation sites excluding steroid dienone is 4. The fourth-order valence-electron chi connectivity index (χ4n) is 3.28. The number of carbonyl (C=O) groups is 2. The topological polar surface area (TPSA) is 49.4 Å². The van der Waals surface area contributed by atoms with Crippen molar-refractivity contribution in [3.63, 3.8) is 0 Å². The standard InChI is InChI=1S/C18H14Cl2N2O2/c1-9-5-6-14-11(7-9)16(23)17-21-13-8-10(19)3-2-4-12(20)15(13)18(24)22(14)17/h2-3,5-8,10,17,21H,4H2,1H3/b3-2-,13-8?,15-12-. The van der Waals surface area contributed by atoms with E-state index in [0.29, 0.717) is 34.0 Å². The zero-order valence-electron chi connectivity index (χ0n) is 12.8. The van der Waals surface area contributed by atoms with Gasteiger partial charge in [-0.15, -0.1) is 11.6 Å². The van der Waals surface area contributed by atoms with Crippen LogP contribution in [0.1, 0.15) is 22.3 Å². The van der Waals surface area contributed by atoms with Gasteiger partial charge in [0.2, 0.25) is 5.78 Å². The number of ketones is 1. The van der Waals surface area contributed by atoms with Crippen molar-refractivity contribution in [3.8, 4) is 0 Å². The smallest absolute Gasteiger partial charge is 0.263 e. The molecule has 24 heavy (non-hydrogen) atoms. The van der Waals surface area contributed by atoms with Crippen LogP contribution in [0.25, 0.3) is 0 Å². The number of rotatable bonds is 0. The fourth-order valence-corrected chi connectivity index (χ4v) is 3.79. The van der Waals surface area contributed by atoms with Crippen LogP contribution in [0, 0.1) is 6.92 Å². The predicted octanol–water partition coefficient (Wildman–Crippen LogP) is 3.40. The SMILES string of the molecule is Cc1ccc2c(c1)C(=O)C1NC3=CC(Cl)/C=C\C/C(Cl)=C\3C(=O)N21. The molecule has 0 aromatic heterocycles. The van der Waals surface area contributed by atoms with Crippen molar-refractivity contribution in [1.82, 2.24) is 5.32 Å². The first-order valence-corrected chi connectivity index (χ1v) is 8.45. The number of nitrogens with one attached hydrogen (secondary N) is 1. The highest BCUT2D eigenvalue weighted by Crippen LogP contribution is 2.39. The highest BCUT2D eigenvalue weighted by molar-refractivity contribution is 6.35. The van der Waals surface area contributed by atoms with Crippen LogP contribution in [0.2, 0.25) is 0 Å². The first kappa shape index (κ1) is 15.5. The maximum absolute atomic E-state index is 13.1. The van der Waals surface area contributed by atoms with E-state index in [0.717, 1.165) is 5.56 Å². The van der Waals surface area contributed by atoms with E-state index in [-0.39, 0.29) is 17.1 Å². The minimum Gasteiger partial charge on any atom is -0.358 e. The first-order chi connectivity index (χ1) is 11.5. The second-order valence-corrected chi connectivity index (χ2v) is 7.00. The number of carbonyl (C=O) groups excluding carboxylic acids is 2. The Morgan fingerprint density at radius 3 is 2.88 bits per heavy atom. The lowest BCUT2D eigenvalue weighted by Gasteiger charge is -2.34. The Hall–Kier alpha value is -2.04. The van der Waals surface area contributed by atoms with E-state index in [4.69, 9.17) is 23.2 Å². The van der Waals surface area contributed by atoms with E-state index < -0.39 is 6.17 Å². The summed E-state index contributed by atoms with van der Waals surface area (Å²) >= 11 is 12.6. The third-order valence-corrected chi connectivity index (χ3v) is 5.01. The molecule has 1 amide bonds. The molecule has 2 atom stereocenters. The van der Waals surface area contributed by atoms with Crippen LogP contribution in [0.5, 0.6) is 0 Å². The summed E-state index contributed by atoms with van der Waals surface area (Å²) in [5.74, 6) is -0.396. The molecule has 0 bridgehead atoms. The number of hydrogen-bond donors (Lipinski definition) is 1. The second kappa shape index (κ2) is 5.50. The van der Waals surface area contributed by atoms with Gasteiger partial charge in [0.1, 0.15) is 0 Å². The molecule has 1 aromatic rings. The number of alkyl halides is 1. The summed E-state index contributed by atoms with van der Waals surface area (Å²) in [6.45, 7) is 1.92. The summed E-state index contributed by atoms with van der Waals surface area (Å²) in [5, 5.41) is 3.22. The number of hydrogen-bond acceptors (Lipinski definition) is 3. The van der Waals surface area contributed by atoms with Gasteiger partial charge in [0.15, 0.2) is 6.17 Å². The monoisotopic (exact) mass is 360 g/mol. The summed E-state index contributed by atoms with van der Waals surface area (Å²) in [5.41, 5.74) is 3.04. The number of Topliss-reactive ketones (excluding diaryl/α,β-unsaturated/α-hetero) is 1. The molecule has 2 unspecified atom stereocenters. The molecular formula is C18H14Cl2N2O2. The molecule has 6 heteroatoms. The molecule has 4 rings (SSSR count). The lowest BCUT2D eigenvalue weighted by Crippen LogP contribution is -2.55. The van der Waals surface area contributed by atoms with Gasteiger partial charge in [-0.05, 0) is 25.1 Å². The largest absolute Gasteiger partial charge is 0.358 e. The molecule has 1 N–H and O–H groups in total. The van der Waals surface area contributed by atoms with E-state index >= 15 is 0 Å². The second-order valence-electron chi connectivity index (χ2n) is 6.04. The van der Waals surface area contributed by atoms with Crippen molar-refractivity contribution in [2.24, 2.45) is 0 Å². The molecule has 1 aliphatic carbocycles. The molecule has 1 aromatic carbocycles. The third kappa shape index (κ3) is 2.21. The van der Waals surface area contributed by atoms with Crippen molar-refractivity contribution >= 4 is 40.6 Å². The van der Waals surface area contributed by atoms with Gasteiger partial charge in [0.05, 0.1) is 16.6 Å². The molecule has 1 saturated heterocycles. The number of amides is 1. The first-order valence-electron chi connectivity index (χ1n) is 7.64. The highest BCUT2D eigenvalue weighted by Gasteiger charge is 2.46. The van der Waals surface area contributed by atoms with Gasteiger partial charge in [-0.25, -0.2) is 0 Å². The van der Waals surface area contributed by atoms with Crippen molar-refractivity contribution in [2.75, 3.05) is 4.90 Å². The molecule has 0 spiro atoms. The Morgan fingerprint density at radius 2 is 2.08 bits per heavy atom. The van der Waals surface area contributed by atoms with Gasteiger partial charge in [-0.1, -0.05) is 35.4 Å². The number of halogens is 2. The van der Waals surface area contributed by atoms with Gasteiger partial charge in [-0.3, -0.25) is 14.5 Å². The van der Waals surface area contributed by atoms with Crippen molar-refractivity contribution in [1.29, 1.82) is 0 Å². The molecular weight excluding hydrogens is 347 g/mol. The highest BCUT2D eigenvalue weighted by atomic mass is 35.5. The summed E-state index contributed by atoms with van der Waals surface area (Å²) in [4.78, 5) is 27.3. The number of fused-ring (bicyclic) bond motifs is 4. The van der Waals surface area contributed by atoms with E-state index in [2.05, 4.69) is 5.32 Å². The average Bonchev–Trinajstić information content (AvgIpc) is 2.79. The Morgan fingerprint density at radius 1 is 1.29 bits per heavy atom. The van der Waals surface area contributed by atoms with Gasteiger partial charge >= 0.3 is 0 Å². The van der Waals surface area contributed by atoms with Crippen LogP contribution in [0.15, 0.2) is 52.7 Å². The lowest BCUT2D eigenvalue weighted by molar-refractivity contribution is -0.115. The van der Waals surface area contributed by atoms with E-state index in [1.54, 1.807) is 18.2 Å². The molecule has 2 aliphatic heterocycles. The van der Waals surface area contributed by atoms with Crippen LogP contribution >= 0.6 is 23.2 Å². The summed E-state index contributed by atoms with van der Waals surface area (Å²) in [7, 11) is 0. The minimum absolute atomic E-state index is 0.123. The zero-order chi connectivity index (χ0) is 17.0. The van der Waals surface area contributed by atoms with E-state index in [1.807, 2.05) is 25.1 Å². The number of nitrogens with zero attached hydrogens (tertiary/aromatic N) is 1. The number of benzene rings is 1. The Labute approximate surface area is 149 Å². The fraction of sp³-hybridized carbons (Fsp3) is 0.222. The van der Waals surface area contributed by atoms with Gasteiger partial charge in [0.25, 0.3) is 5.91 Å². The Balaban J connectivity index is 1.88. The van der Waals surface area contributed by atoms with Gasteiger partial charge in [0, 0.05) is 22.7 Å². The normalized spacial score (nSPS) is 29.8. The van der Waals surface area contributed by atoms with Gasteiger partial charge < -0.3 is 5.32 Å². The molecule has 122 valence electrons. The van der Waals surface area contributed by atoms with Crippen molar-refractivity contribution in [2.45, 2.75) is 24.9 Å². The zero-order valence-corrected chi connectivity index (χ0v) is 14.4.